The molecule has 1 saturated carbocycles. The summed E-state index contributed by atoms with van der Waals surface area (Å²) in [5.41, 5.74) is 2.23. The van der Waals surface area contributed by atoms with Crippen LogP contribution in [0.3, 0.4) is 0 Å². The van der Waals surface area contributed by atoms with Gasteiger partial charge in [0.2, 0.25) is 0 Å². The standard InChI is InChI=1S/C16H25NO/c1-12-8-4-6-10-15(12)17(3)16-11-7-5-9-14(16)13(2)18/h5,7,9,11-13,15,18H,4,6,8,10H2,1-3H3/t12?,13-,15?/m1/s1. The van der Waals surface area contributed by atoms with Crippen LogP contribution in [0.2, 0.25) is 0 Å². The van der Waals surface area contributed by atoms with Crippen molar-refractivity contribution in [2.45, 2.75) is 51.7 Å². The minimum Gasteiger partial charge on any atom is -0.389 e. The molecule has 1 N–H and O–H groups in total. The molecule has 2 unspecified atom stereocenters. The molecule has 18 heavy (non-hydrogen) atoms. The minimum atomic E-state index is -0.400. The van der Waals surface area contributed by atoms with Crippen LogP contribution < -0.4 is 4.90 Å². The summed E-state index contributed by atoms with van der Waals surface area (Å²) in [7, 11) is 2.17. The molecule has 0 aromatic heterocycles. The van der Waals surface area contributed by atoms with E-state index in [9.17, 15) is 5.11 Å². The van der Waals surface area contributed by atoms with Crippen molar-refractivity contribution in [1.29, 1.82) is 0 Å². The van der Waals surface area contributed by atoms with Crippen LogP contribution in [0.4, 0.5) is 5.69 Å². The molecular weight excluding hydrogens is 222 g/mol. The first-order chi connectivity index (χ1) is 8.61. The Bertz CT molecular complexity index is 388. The molecule has 0 heterocycles. The number of hydrogen-bond donors (Lipinski definition) is 1. The summed E-state index contributed by atoms with van der Waals surface area (Å²) in [6.45, 7) is 4.20. The van der Waals surface area contributed by atoms with Crippen LogP contribution >= 0.6 is 0 Å². The van der Waals surface area contributed by atoms with E-state index in [-0.39, 0.29) is 0 Å². The van der Waals surface area contributed by atoms with E-state index < -0.39 is 6.10 Å². The van der Waals surface area contributed by atoms with Gasteiger partial charge in [-0.25, -0.2) is 0 Å². The highest BCUT2D eigenvalue weighted by Gasteiger charge is 2.26. The molecule has 0 saturated heterocycles. The van der Waals surface area contributed by atoms with E-state index in [0.717, 1.165) is 11.5 Å². The van der Waals surface area contributed by atoms with Gasteiger partial charge in [-0.05, 0) is 31.7 Å². The van der Waals surface area contributed by atoms with Gasteiger partial charge in [0.05, 0.1) is 6.10 Å². The first kappa shape index (κ1) is 13.4. The van der Waals surface area contributed by atoms with Gasteiger partial charge in [0.15, 0.2) is 0 Å². The SMILES string of the molecule is CC1CCCCC1N(C)c1ccccc1[C@@H](C)O. The number of nitrogens with zero attached hydrogens (tertiary/aromatic N) is 1. The van der Waals surface area contributed by atoms with Crippen molar-refractivity contribution >= 4 is 5.69 Å². The Hall–Kier alpha value is -1.02. The van der Waals surface area contributed by atoms with Gasteiger partial charge < -0.3 is 10.0 Å². The molecule has 0 aliphatic heterocycles. The zero-order valence-corrected chi connectivity index (χ0v) is 11.8. The van der Waals surface area contributed by atoms with Crippen LogP contribution in [0.5, 0.6) is 0 Å². The molecule has 2 nitrogen and oxygen atoms in total. The van der Waals surface area contributed by atoms with E-state index in [1.54, 1.807) is 0 Å². The summed E-state index contributed by atoms with van der Waals surface area (Å²) < 4.78 is 0. The Kier molecular flexibility index (Phi) is 4.28. The van der Waals surface area contributed by atoms with E-state index in [4.69, 9.17) is 0 Å². The van der Waals surface area contributed by atoms with Crippen LogP contribution in [-0.2, 0) is 0 Å². The number of benzene rings is 1. The van der Waals surface area contributed by atoms with E-state index in [1.165, 1.54) is 31.4 Å². The van der Waals surface area contributed by atoms with Crippen molar-refractivity contribution in [1.82, 2.24) is 0 Å². The maximum absolute atomic E-state index is 9.89. The summed E-state index contributed by atoms with van der Waals surface area (Å²) >= 11 is 0. The highest BCUT2D eigenvalue weighted by Crippen LogP contribution is 2.33. The fraction of sp³-hybridized carbons (Fsp3) is 0.625. The Balaban J connectivity index is 2.24. The Morgan fingerprint density at radius 3 is 2.56 bits per heavy atom. The van der Waals surface area contributed by atoms with Gasteiger partial charge in [0, 0.05) is 24.3 Å². The topological polar surface area (TPSA) is 23.5 Å². The molecule has 1 aromatic rings. The molecule has 0 amide bonds. The summed E-state index contributed by atoms with van der Waals surface area (Å²) in [6.07, 6.45) is 4.89. The second-order valence-corrected chi connectivity index (χ2v) is 5.67. The van der Waals surface area contributed by atoms with E-state index >= 15 is 0 Å². The summed E-state index contributed by atoms with van der Waals surface area (Å²) in [5, 5.41) is 9.89. The van der Waals surface area contributed by atoms with Gasteiger partial charge in [-0.2, -0.15) is 0 Å². The Labute approximate surface area is 111 Å². The molecule has 2 rings (SSSR count). The zero-order valence-electron chi connectivity index (χ0n) is 11.8. The van der Waals surface area contributed by atoms with E-state index in [1.807, 2.05) is 19.1 Å². The van der Waals surface area contributed by atoms with Crippen molar-refractivity contribution < 1.29 is 5.11 Å². The van der Waals surface area contributed by atoms with Crippen LogP contribution in [0.1, 0.15) is 51.2 Å². The average molecular weight is 247 g/mol. The second-order valence-electron chi connectivity index (χ2n) is 5.67. The van der Waals surface area contributed by atoms with E-state index in [0.29, 0.717) is 6.04 Å². The van der Waals surface area contributed by atoms with E-state index in [2.05, 4.69) is 31.0 Å². The summed E-state index contributed by atoms with van der Waals surface area (Å²) in [6, 6.07) is 8.83. The van der Waals surface area contributed by atoms with Gasteiger partial charge >= 0.3 is 0 Å². The monoisotopic (exact) mass is 247 g/mol. The van der Waals surface area contributed by atoms with Crippen LogP contribution in [0.15, 0.2) is 24.3 Å². The molecule has 1 fully saturated rings. The van der Waals surface area contributed by atoms with Gasteiger partial charge in [-0.15, -0.1) is 0 Å². The lowest BCUT2D eigenvalue weighted by Crippen LogP contribution is -2.39. The lowest BCUT2D eigenvalue weighted by molar-refractivity contribution is 0.199. The highest BCUT2D eigenvalue weighted by molar-refractivity contribution is 5.54. The third kappa shape index (κ3) is 2.69. The highest BCUT2D eigenvalue weighted by atomic mass is 16.3. The number of aliphatic hydroxyl groups excluding tert-OH is 1. The third-order valence-corrected chi connectivity index (χ3v) is 4.33. The van der Waals surface area contributed by atoms with Crippen molar-refractivity contribution in [3.05, 3.63) is 29.8 Å². The largest absolute Gasteiger partial charge is 0.389 e. The molecule has 1 aliphatic rings. The molecule has 2 heteroatoms. The molecule has 0 spiro atoms. The zero-order chi connectivity index (χ0) is 13.1. The molecule has 1 aromatic carbocycles. The van der Waals surface area contributed by atoms with Gasteiger partial charge in [-0.1, -0.05) is 38.0 Å². The average Bonchev–Trinajstić information content (AvgIpc) is 2.38. The molecule has 1 aliphatic carbocycles. The first-order valence-electron chi connectivity index (χ1n) is 7.11. The minimum absolute atomic E-state index is 0.400. The molecule has 100 valence electrons. The van der Waals surface area contributed by atoms with Crippen LogP contribution in [0, 0.1) is 5.92 Å². The lowest BCUT2D eigenvalue weighted by atomic mass is 9.84. The number of rotatable bonds is 3. The number of para-hydroxylation sites is 1. The summed E-state index contributed by atoms with van der Waals surface area (Å²) in [4.78, 5) is 2.38. The smallest absolute Gasteiger partial charge is 0.0781 e. The third-order valence-electron chi connectivity index (χ3n) is 4.33. The van der Waals surface area contributed by atoms with Crippen molar-refractivity contribution in [3.63, 3.8) is 0 Å². The summed E-state index contributed by atoms with van der Waals surface area (Å²) in [5.74, 6) is 0.741. The Morgan fingerprint density at radius 1 is 1.22 bits per heavy atom. The molecule has 0 radical (unpaired) electrons. The first-order valence-corrected chi connectivity index (χ1v) is 7.11. The predicted molar refractivity (Wildman–Crippen MR) is 76.9 cm³/mol. The lowest BCUT2D eigenvalue weighted by Gasteiger charge is -2.38. The van der Waals surface area contributed by atoms with Crippen molar-refractivity contribution in [2.75, 3.05) is 11.9 Å². The fourth-order valence-corrected chi connectivity index (χ4v) is 3.21. The fourth-order valence-electron chi connectivity index (χ4n) is 3.21. The van der Waals surface area contributed by atoms with Crippen LogP contribution in [-0.4, -0.2) is 18.2 Å². The van der Waals surface area contributed by atoms with Crippen molar-refractivity contribution in [2.24, 2.45) is 5.92 Å². The molecule has 3 atom stereocenters. The quantitative estimate of drug-likeness (QED) is 0.879. The maximum Gasteiger partial charge on any atom is 0.0781 e. The Morgan fingerprint density at radius 2 is 1.89 bits per heavy atom. The number of aliphatic hydroxyl groups is 1. The maximum atomic E-state index is 9.89. The van der Waals surface area contributed by atoms with Crippen LogP contribution in [0.25, 0.3) is 0 Å². The van der Waals surface area contributed by atoms with Gasteiger partial charge in [0.25, 0.3) is 0 Å². The molecular formula is C16H25NO. The van der Waals surface area contributed by atoms with Gasteiger partial charge in [-0.3, -0.25) is 0 Å². The number of hydrogen-bond acceptors (Lipinski definition) is 2. The molecule has 0 bridgehead atoms. The predicted octanol–water partition coefficient (Wildman–Crippen LogP) is 3.75. The normalized spacial score (nSPS) is 25.8. The van der Waals surface area contributed by atoms with Gasteiger partial charge in [0.1, 0.15) is 0 Å². The second kappa shape index (κ2) is 5.75. The number of anilines is 1. The van der Waals surface area contributed by atoms with Crippen molar-refractivity contribution in [3.8, 4) is 0 Å².